The van der Waals surface area contributed by atoms with E-state index in [9.17, 15) is 48.6 Å². The molecule has 6 N–H and O–H groups in total. The summed E-state index contributed by atoms with van der Waals surface area (Å²) in [6.07, 6.45) is 33.3. The fourth-order valence-corrected chi connectivity index (χ4v) is 10.2. The quantitative estimate of drug-likeness (QED) is 0.0132. The van der Waals surface area contributed by atoms with Crippen LogP contribution >= 0.6 is 0 Å². The summed E-state index contributed by atoms with van der Waals surface area (Å²) >= 11 is 0. The number of ether oxygens (including phenoxy) is 5. The number of carboxylic acids is 2. The predicted molar refractivity (Wildman–Crippen MR) is 362 cm³/mol. The van der Waals surface area contributed by atoms with Crippen molar-refractivity contribution in [3.63, 3.8) is 0 Å². The van der Waals surface area contributed by atoms with Gasteiger partial charge in [0.25, 0.3) is 11.5 Å². The molecule has 0 saturated carbocycles. The van der Waals surface area contributed by atoms with Gasteiger partial charge in [0, 0.05) is 77.4 Å². The van der Waals surface area contributed by atoms with Crippen molar-refractivity contribution in [2.24, 2.45) is 4.99 Å². The summed E-state index contributed by atoms with van der Waals surface area (Å²) in [5, 5.41) is 27.5. The number of fused-ring (bicyclic) bond motifs is 1. The highest BCUT2D eigenvalue weighted by Crippen LogP contribution is 2.19. The summed E-state index contributed by atoms with van der Waals surface area (Å²) in [5.74, 6) is -4.25. The average molecular weight is 1320 g/mol. The van der Waals surface area contributed by atoms with Crippen LogP contribution in [-0.2, 0) is 59.0 Å². The zero-order valence-corrected chi connectivity index (χ0v) is 56.9. The SMILES string of the molecule is CCCCCCCCCCCCCCOCC(CNC(=O)CC[C@H](NC(=O)CCOCCOCCOCCCC(=O)CC[C@H](NC(=O)c1ccc(N(C=O)Cc2cnc3nc(N=CN(C)C)[nH]c(=O)c3n2)cc1)C(=O)O)C(=O)O)OCCCCCCCCCCCCCC. The van der Waals surface area contributed by atoms with E-state index < -0.39 is 41.4 Å². The topological polar surface area (TPSA) is 333 Å². The number of carbonyl (C=O) groups excluding carboxylic acids is 5. The molecular formula is C69H112N10O15. The van der Waals surface area contributed by atoms with E-state index in [-0.39, 0.29) is 137 Å². The molecular weight excluding hydrogens is 1210 g/mol. The van der Waals surface area contributed by atoms with Crippen LogP contribution in [0, 0.1) is 0 Å². The van der Waals surface area contributed by atoms with E-state index in [0.29, 0.717) is 38.3 Å². The molecule has 94 heavy (non-hydrogen) atoms. The van der Waals surface area contributed by atoms with Gasteiger partial charge in [-0.3, -0.25) is 33.8 Å². The van der Waals surface area contributed by atoms with E-state index >= 15 is 0 Å². The molecule has 1 aromatic carbocycles. The third-order valence-corrected chi connectivity index (χ3v) is 15.7. The van der Waals surface area contributed by atoms with E-state index in [0.717, 1.165) is 25.7 Å². The summed E-state index contributed by atoms with van der Waals surface area (Å²) in [6.45, 7) is 7.38. The first kappa shape index (κ1) is 81.4. The number of ketones is 1. The van der Waals surface area contributed by atoms with Gasteiger partial charge < -0.3 is 59.6 Å². The maximum absolute atomic E-state index is 13.1. The molecule has 3 atom stereocenters. The van der Waals surface area contributed by atoms with E-state index in [2.05, 4.69) is 54.7 Å². The van der Waals surface area contributed by atoms with Crippen LogP contribution in [0.25, 0.3) is 11.2 Å². The molecule has 2 heterocycles. The molecule has 4 amide bonds. The number of hydrogen-bond donors (Lipinski definition) is 6. The summed E-state index contributed by atoms with van der Waals surface area (Å²) in [7, 11) is 3.52. The number of aromatic nitrogens is 4. The molecule has 1 unspecified atom stereocenters. The molecule has 0 aliphatic carbocycles. The molecule has 0 aliphatic rings. The number of anilines is 1. The van der Waals surface area contributed by atoms with Gasteiger partial charge in [-0.1, -0.05) is 155 Å². The number of rotatable bonds is 61. The number of benzene rings is 1. The highest BCUT2D eigenvalue weighted by molar-refractivity contribution is 5.97. The van der Waals surface area contributed by atoms with Crippen molar-refractivity contribution in [3.8, 4) is 0 Å². The molecule has 3 rings (SSSR count). The van der Waals surface area contributed by atoms with Gasteiger partial charge in [-0.15, -0.1) is 0 Å². The lowest BCUT2D eigenvalue weighted by molar-refractivity contribution is -0.142. The average Bonchev–Trinajstić information content (AvgIpc) is 0.818. The van der Waals surface area contributed by atoms with Gasteiger partial charge >= 0.3 is 11.9 Å². The van der Waals surface area contributed by atoms with Crippen molar-refractivity contribution >= 4 is 71.0 Å². The minimum atomic E-state index is -1.34. The van der Waals surface area contributed by atoms with Crippen LogP contribution < -0.4 is 26.4 Å². The first-order valence-corrected chi connectivity index (χ1v) is 34.7. The maximum Gasteiger partial charge on any atom is 0.326 e. The lowest BCUT2D eigenvalue weighted by atomic mass is 10.1. The fourth-order valence-electron chi connectivity index (χ4n) is 10.2. The molecule has 0 fully saturated rings. The number of nitrogens with one attached hydrogen (secondary N) is 4. The molecule has 25 heteroatoms. The summed E-state index contributed by atoms with van der Waals surface area (Å²) in [4.78, 5) is 122. The molecule has 0 saturated heterocycles. The number of aromatic amines is 1. The number of unbranched alkanes of at least 4 members (excludes halogenated alkanes) is 22. The Morgan fingerprint density at radius 3 is 1.68 bits per heavy atom. The van der Waals surface area contributed by atoms with Gasteiger partial charge in [0.1, 0.15) is 17.9 Å². The minimum absolute atomic E-state index is 0.0255. The van der Waals surface area contributed by atoms with Crippen molar-refractivity contribution in [1.29, 1.82) is 0 Å². The molecule has 0 bridgehead atoms. The Morgan fingerprint density at radius 2 is 1.12 bits per heavy atom. The monoisotopic (exact) mass is 1320 g/mol. The van der Waals surface area contributed by atoms with Crippen molar-refractivity contribution in [1.82, 2.24) is 40.8 Å². The van der Waals surface area contributed by atoms with Gasteiger partial charge in [0.05, 0.1) is 70.5 Å². The van der Waals surface area contributed by atoms with Crippen LogP contribution in [0.1, 0.15) is 229 Å². The lowest BCUT2D eigenvalue weighted by Gasteiger charge is -2.19. The Bertz CT molecular complexity index is 2680. The van der Waals surface area contributed by atoms with Crippen molar-refractivity contribution in [2.45, 2.75) is 238 Å². The number of amides is 4. The number of H-pyrrole nitrogens is 1. The van der Waals surface area contributed by atoms with E-state index in [4.69, 9.17) is 23.7 Å². The second kappa shape index (κ2) is 52.5. The highest BCUT2D eigenvalue weighted by Gasteiger charge is 2.24. The predicted octanol–water partition coefficient (Wildman–Crippen LogP) is 10.1. The van der Waals surface area contributed by atoms with E-state index in [1.165, 1.54) is 170 Å². The number of hydrogen-bond acceptors (Lipinski definition) is 17. The molecule has 25 nitrogen and oxygen atoms in total. The van der Waals surface area contributed by atoms with Crippen LogP contribution in [0.5, 0.6) is 0 Å². The maximum atomic E-state index is 13.1. The summed E-state index contributed by atoms with van der Waals surface area (Å²) in [5.41, 5.74) is 0.249. The Kier molecular flexibility index (Phi) is 45.5. The van der Waals surface area contributed by atoms with Crippen LogP contribution in [0.2, 0.25) is 0 Å². The number of Topliss-reactive ketones (excluding diaryl/α,β-unsaturated/α-hetero) is 1. The molecule has 0 aliphatic heterocycles. The number of aliphatic imine (C=N–C) groups is 1. The Hall–Kier alpha value is -6.80. The Labute approximate surface area is 556 Å². The molecule has 0 spiro atoms. The standard InChI is InChI=1S/C69H112N10O15/c1-5-7-9-11-13-15-17-19-21-23-25-27-40-93-51-58(94-42-28-26-24-22-20-18-16-14-12-10-8-6-2)49-70-61(82)38-37-59(67(86)87)74-62(83)39-43-91-45-47-92-46-44-90-41-29-30-57(81)35-36-60(68(88)89)75-65(84)54-31-33-56(34-32-54)79(53-80)50-55-48-71-64-63(73-55)66(85)77-69(76-64)72-52-78(3)4/h31-34,48,52-53,58-60H,5-30,35-47,49-51H2,1-4H3,(H,70,82)(H,74,83)(H,75,84)(H,86,87)(H,88,89)(H,71,76,77,85)/t58?,59-,60-/m0/s1. The number of carboxylic acid groups (broad SMARTS) is 2. The van der Waals surface area contributed by atoms with Gasteiger partial charge in [-0.05, 0) is 56.4 Å². The second-order valence-corrected chi connectivity index (χ2v) is 24.2. The van der Waals surface area contributed by atoms with Crippen LogP contribution in [-0.4, -0.2) is 182 Å². The van der Waals surface area contributed by atoms with Crippen LogP contribution in [0.3, 0.4) is 0 Å². The zero-order valence-electron chi connectivity index (χ0n) is 56.9. The lowest BCUT2D eigenvalue weighted by Crippen LogP contribution is -2.42. The van der Waals surface area contributed by atoms with Gasteiger partial charge in [0.15, 0.2) is 11.2 Å². The van der Waals surface area contributed by atoms with Crippen molar-refractivity contribution in [3.05, 3.63) is 52.1 Å². The second-order valence-electron chi connectivity index (χ2n) is 24.2. The number of aliphatic carboxylic acids is 2. The van der Waals surface area contributed by atoms with Crippen molar-refractivity contribution in [2.75, 3.05) is 85.0 Å². The van der Waals surface area contributed by atoms with E-state index in [1.54, 1.807) is 19.0 Å². The van der Waals surface area contributed by atoms with Gasteiger partial charge in [-0.25, -0.2) is 24.5 Å². The largest absolute Gasteiger partial charge is 0.480 e. The van der Waals surface area contributed by atoms with Crippen LogP contribution in [0.4, 0.5) is 11.6 Å². The molecule has 528 valence electrons. The summed E-state index contributed by atoms with van der Waals surface area (Å²) < 4.78 is 28.8. The van der Waals surface area contributed by atoms with Crippen molar-refractivity contribution < 1.29 is 67.5 Å². The third-order valence-electron chi connectivity index (χ3n) is 15.7. The van der Waals surface area contributed by atoms with Gasteiger partial charge in [-0.2, -0.15) is 4.98 Å². The normalized spacial score (nSPS) is 12.4. The first-order chi connectivity index (χ1) is 45.6. The number of carbonyl (C=O) groups is 7. The Morgan fingerprint density at radius 1 is 0.596 bits per heavy atom. The third kappa shape index (κ3) is 39.2. The first-order valence-electron chi connectivity index (χ1n) is 34.7. The van der Waals surface area contributed by atoms with Crippen LogP contribution in [0.15, 0.2) is 40.2 Å². The summed E-state index contributed by atoms with van der Waals surface area (Å²) in [6, 6.07) is 3.22. The fraction of sp³-hybridized carbons (Fsp3) is 0.710. The smallest absolute Gasteiger partial charge is 0.326 e. The molecule has 0 radical (unpaired) electrons. The number of nitrogens with zero attached hydrogens (tertiary/aromatic N) is 6. The molecule has 2 aromatic heterocycles. The van der Waals surface area contributed by atoms with E-state index in [1.807, 2.05) is 0 Å². The zero-order chi connectivity index (χ0) is 68.2. The Balaban J connectivity index is 1.25. The minimum Gasteiger partial charge on any atom is -0.480 e. The highest BCUT2D eigenvalue weighted by atomic mass is 16.5. The molecule has 3 aromatic rings. The van der Waals surface area contributed by atoms with Gasteiger partial charge in [0.2, 0.25) is 24.2 Å².